The molecule has 1 saturated carbocycles. The van der Waals surface area contributed by atoms with Crippen molar-refractivity contribution in [2.24, 2.45) is 5.92 Å². The largest absolute Gasteiger partial charge is 0.469 e. The van der Waals surface area contributed by atoms with Crippen LogP contribution in [0.5, 0.6) is 0 Å². The van der Waals surface area contributed by atoms with Gasteiger partial charge in [0.25, 0.3) is 0 Å². The summed E-state index contributed by atoms with van der Waals surface area (Å²) in [7, 11) is 0. The van der Waals surface area contributed by atoms with Crippen molar-refractivity contribution >= 4 is 11.8 Å². The van der Waals surface area contributed by atoms with Crippen LogP contribution in [-0.2, 0) is 9.59 Å². The van der Waals surface area contributed by atoms with Gasteiger partial charge in [-0.2, -0.15) is 0 Å². The summed E-state index contributed by atoms with van der Waals surface area (Å²) < 4.78 is 5.40. The molecular formula is C17H24N2O3. The SMILES string of the molecule is CCCC(=O)N[C@@H]1CCCN(C(=O)[C@@H]2C[C@@H]2c2ccco2)C1. The summed E-state index contributed by atoms with van der Waals surface area (Å²) in [6.45, 7) is 3.45. The smallest absolute Gasteiger partial charge is 0.226 e. The van der Waals surface area contributed by atoms with E-state index >= 15 is 0 Å². The predicted molar refractivity (Wildman–Crippen MR) is 82.2 cm³/mol. The van der Waals surface area contributed by atoms with Gasteiger partial charge in [-0.3, -0.25) is 9.59 Å². The van der Waals surface area contributed by atoms with E-state index in [1.165, 1.54) is 0 Å². The first-order chi connectivity index (χ1) is 10.7. The number of likely N-dealkylation sites (tertiary alicyclic amines) is 1. The Balaban J connectivity index is 1.52. The number of carbonyl (C=O) groups excluding carboxylic acids is 2. The zero-order valence-electron chi connectivity index (χ0n) is 13.1. The van der Waals surface area contributed by atoms with Gasteiger partial charge in [-0.1, -0.05) is 6.92 Å². The van der Waals surface area contributed by atoms with Gasteiger partial charge in [-0.25, -0.2) is 0 Å². The van der Waals surface area contributed by atoms with Gasteiger partial charge in [0, 0.05) is 37.4 Å². The first-order valence-electron chi connectivity index (χ1n) is 8.30. The lowest BCUT2D eigenvalue weighted by molar-refractivity contribution is -0.135. The molecule has 22 heavy (non-hydrogen) atoms. The molecule has 0 bridgehead atoms. The van der Waals surface area contributed by atoms with E-state index in [1.807, 2.05) is 24.0 Å². The van der Waals surface area contributed by atoms with Crippen LogP contribution in [0.15, 0.2) is 22.8 Å². The molecule has 2 amide bonds. The number of piperidine rings is 1. The number of amides is 2. The molecule has 1 N–H and O–H groups in total. The average Bonchev–Trinajstić information content (AvgIpc) is 3.12. The third-order valence-electron chi connectivity index (χ3n) is 4.59. The molecule has 1 aliphatic carbocycles. The molecule has 0 aromatic carbocycles. The predicted octanol–water partition coefficient (Wildman–Crippen LogP) is 2.29. The molecule has 0 radical (unpaired) electrons. The number of nitrogens with one attached hydrogen (secondary N) is 1. The number of rotatable bonds is 5. The van der Waals surface area contributed by atoms with Crippen molar-refractivity contribution in [1.29, 1.82) is 0 Å². The van der Waals surface area contributed by atoms with Crippen LogP contribution in [0.2, 0.25) is 0 Å². The van der Waals surface area contributed by atoms with E-state index in [0.29, 0.717) is 13.0 Å². The second-order valence-corrected chi connectivity index (χ2v) is 6.41. The van der Waals surface area contributed by atoms with Crippen LogP contribution in [-0.4, -0.2) is 35.8 Å². The number of nitrogens with zero attached hydrogens (tertiary/aromatic N) is 1. The molecule has 1 aromatic heterocycles. The summed E-state index contributed by atoms with van der Waals surface area (Å²) in [6.07, 6.45) is 5.89. The maximum Gasteiger partial charge on any atom is 0.226 e. The number of carbonyl (C=O) groups is 2. The van der Waals surface area contributed by atoms with E-state index < -0.39 is 0 Å². The number of furan rings is 1. The molecule has 2 aliphatic rings. The topological polar surface area (TPSA) is 62.6 Å². The average molecular weight is 304 g/mol. The minimum Gasteiger partial charge on any atom is -0.469 e. The maximum atomic E-state index is 12.6. The molecule has 1 saturated heterocycles. The first kappa shape index (κ1) is 15.1. The van der Waals surface area contributed by atoms with Crippen molar-refractivity contribution in [2.75, 3.05) is 13.1 Å². The summed E-state index contributed by atoms with van der Waals surface area (Å²) >= 11 is 0. The minimum absolute atomic E-state index is 0.0660. The highest BCUT2D eigenvalue weighted by molar-refractivity contribution is 5.83. The van der Waals surface area contributed by atoms with Crippen molar-refractivity contribution in [3.05, 3.63) is 24.2 Å². The summed E-state index contributed by atoms with van der Waals surface area (Å²) in [5.74, 6) is 1.55. The molecule has 2 fully saturated rings. The fourth-order valence-electron chi connectivity index (χ4n) is 3.34. The maximum absolute atomic E-state index is 12.6. The van der Waals surface area contributed by atoms with Gasteiger partial charge in [0.1, 0.15) is 5.76 Å². The highest BCUT2D eigenvalue weighted by Crippen LogP contribution is 2.48. The Morgan fingerprint density at radius 1 is 1.45 bits per heavy atom. The lowest BCUT2D eigenvalue weighted by Gasteiger charge is -2.33. The Bertz CT molecular complexity index is 526. The molecule has 5 nitrogen and oxygen atoms in total. The van der Waals surface area contributed by atoms with Crippen molar-refractivity contribution in [3.8, 4) is 0 Å². The van der Waals surface area contributed by atoms with Crippen molar-refractivity contribution in [2.45, 2.75) is 51.0 Å². The third kappa shape index (κ3) is 3.34. The van der Waals surface area contributed by atoms with E-state index in [1.54, 1.807) is 6.26 Å². The van der Waals surface area contributed by atoms with E-state index in [0.717, 1.165) is 38.0 Å². The van der Waals surface area contributed by atoms with E-state index in [2.05, 4.69) is 5.32 Å². The monoisotopic (exact) mass is 304 g/mol. The number of hydrogen-bond acceptors (Lipinski definition) is 3. The Labute approximate surface area is 131 Å². The quantitative estimate of drug-likeness (QED) is 0.908. The van der Waals surface area contributed by atoms with Gasteiger partial charge in [0.2, 0.25) is 11.8 Å². The van der Waals surface area contributed by atoms with Crippen LogP contribution < -0.4 is 5.32 Å². The lowest BCUT2D eigenvalue weighted by Crippen LogP contribution is -2.50. The summed E-state index contributed by atoms with van der Waals surface area (Å²) in [5.41, 5.74) is 0. The Morgan fingerprint density at radius 3 is 3.05 bits per heavy atom. The van der Waals surface area contributed by atoms with Gasteiger partial charge >= 0.3 is 0 Å². The molecule has 1 aliphatic heterocycles. The highest BCUT2D eigenvalue weighted by atomic mass is 16.3. The van der Waals surface area contributed by atoms with Gasteiger partial charge in [-0.05, 0) is 37.8 Å². The molecule has 2 heterocycles. The van der Waals surface area contributed by atoms with Crippen LogP contribution in [0, 0.1) is 5.92 Å². The summed E-state index contributed by atoms with van der Waals surface area (Å²) in [6, 6.07) is 3.93. The van der Waals surface area contributed by atoms with Crippen molar-refractivity contribution < 1.29 is 14.0 Å². The third-order valence-corrected chi connectivity index (χ3v) is 4.59. The van der Waals surface area contributed by atoms with Crippen LogP contribution in [0.4, 0.5) is 0 Å². The van der Waals surface area contributed by atoms with Gasteiger partial charge in [0.05, 0.1) is 6.26 Å². The molecule has 3 atom stereocenters. The van der Waals surface area contributed by atoms with Crippen LogP contribution >= 0.6 is 0 Å². The highest BCUT2D eigenvalue weighted by Gasteiger charge is 2.48. The molecule has 3 rings (SSSR count). The Morgan fingerprint density at radius 2 is 2.32 bits per heavy atom. The fraction of sp³-hybridized carbons (Fsp3) is 0.647. The molecule has 5 heteroatoms. The molecule has 1 aromatic rings. The van der Waals surface area contributed by atoms with Crippen LogP contribution in [0.25, 0.3) is 0 Å². The van der Waals surface area contributed by atoms with Crippen molar-refractivity contribution in [3.63, 3.8) is 0 Å². The second kappa shape index (κ2) is 6.55. The zero-order valence-corrected chi connectivity index (χ0v) is 13.1. The minimum atomic E-state index is 0.0660. The van der Waals surface area contributed by atoms with E-state index in [4.69, 9.17) is 4.42 Å². The summed E-state index contributed by atoms with van der Waals surface area (Å²) in [5, 5.41) is 3.05. The van der Waals surface area contributed by atoms with Gasteiger partial charge < -0.3 is 14.6 Å². The zero-order chi connectivity index (χ0) is 15.5. The Hall–Kier alpha value is -1.78. The second-order valence-electron chi connectivity index (χ2n) is 6.41. The number of hydrogen-bond donors (Lipinski definition) is 1. The molecule has 120 valence electrons. The van der Waals surface area contributed by atoms with Crippen molar-refractivity contribution in [1.82, 2.24) is 10.2 Å². The molecule has 0 unspecified atom stereocenters. The van der Waals surface area contributed by atoms with Gasteiger partial charge in [-0.15, -0.1) is 0 Å². The summed E-state index contributed by atoms with van der Waals surface area (Å²) in [4.78, 5) is 26.2. The Kier molecular flexibility index (Phi) is 4.50. The fourth-order valence-corrected chi connectivity index (χ4v) is 3.34. The van der Waals surface area contributed by atoms with E-state index in [9.17, 15) is 9.59 Å². The van der Waals surface area contributed by atoms with E-state index in [-0.39, 0.29) is 29.7 Å². The van der Waals surface area contributed by atoms with Crippen LogP contribution in [0.3, 0.4) is 0 Å². The normalized spacial score (nSPS) is 27.5. The lowest BCUT2D eigenvalue weighted by atomic mass is 10.0. The first-order valence-corrected chi connectivity index (χ1v) is 8.30. The molecular weight excluding hydrogens is 280 g/mol. The molecule has 0 spiro atoms. The standard InChI is InChI=1S/C17H24N2O3/c1-2-5-16(20)18-12-6-3-8-19(11-12)17(21)14-10-13(14)15-7-4-9-22-15/h4,7,9,12-14H,2-3,5-6,8,10-11H2,1H3,(H,18,20)/t12-,13+,14-/m1/s1. The van der Waals surface area contributed by atoms with Gasteiger partial charge in [0.15, 0.2) is 0 Å². The van der Waals surface area contributed by atoms with Crippen LogP contribution in [0.1, 0.15) is 50.7 Å².